The van der Waals surface area contributed by atoms with Gasteiger partial charge in [-0.3, -0.25) is 0 Å². The van der Waals surface area contributed by atoms with Gasteiger partial charge in [0.05, 0.1) is 33.6 Å². The molecule has 0 bridgehead atoms. The zero-order valence-corrected chi connectivity index (χ0v) is 35.9. The van der Waals surface area contributed by atoms with Gasteiger partial charge in [0.2, 0.25) is 0 Å². The highest BCUT2D eigenvalue weighted by molar-refractivity contribution is 6.29. The normalized spacial score (nSPS) is 14.8. The minimum absolute atomic E-state index is 0.317. The third kappa shape index (κ3) is 4.41. The average Bonchev–Trinajstić information content (AvgIpc) is 4.11. The van der Waals surface area contributed by atoms with E-state index in [0.717, 1.165) is 6.42 Å². The Labute approximate surface area is 379 Å². The first-order valence-corrected chi connectivity index (χ1v) is 23.3. The lowest BCUT2D eigenvalue weighted by Gasteiger charge is -2.20. The molecule has 3 aromatic heterocycles. The van der Waals surface area contributed by atoms with Crippen molar-refractivity contribution in [3.05, 3.63) is 218 Å². The van der Waals surface area contributed by atoms with Gasteiger partial charge in [0.15, 0.2) is 0 Å². The number of allylic oxidation sites excluding steroid dienone is 4. The van der Waals surface area contributed by atoms with Crippen LogP contribution in [-0.2, 0) is 0 Å². The molecule has 0 amide bonds. The molecular weight excluding hydrogens is 797 g/mol. The Morgan fingerprint density at radius 2 is 0.924 bits per heavy atom. The Morgan fingerprint density at radius 1 is 0.364 bits per heavy atom. The first-order chi connectivity index (χ1) is 32.8. The van der Waals surface area contributed by atoms with Crippen LogP contribution in [0.25, 0.3) is 142 Å². The van der Waals surface area contributed by atoms with Crippen molar-refractivity contribution in [3.63, 3.8) is 0 Å². The number of fused-ring (bicyclic) bond motifs is 16. The molecule has 0 spiro atoms. The summed E-state index contributed by atoms with van der Waals surface area (Å²) in [5.74, 6) is 0. The van der Waals surface area contributed by atoms with Crippen molar-refractivity contribution in [2.24, 2.45) is 0 Å². The fraction of sp³-hybridized carbons (Fsp3) is 0.0312. The van der Waals surface area contributed by atoms with Gasteiger partial charge in [0, 0.05) is 37.9 Å². The van der Waals surface area contributed by atoms with E-state index < -0.39 is 0 Å². The van der Waals surface area contributed by atoms with Crippen molar-refractivity contribution in [2.45, 2.75) is 12.5 Å². The fourth-order valence-corrected chi connectivity index (χ4v) is 12.8. The summed E-state index contributed by atoms with van der Waals surface area (Å²) >= 11 is 0. The van der Waals surface area contributed by atoms with Gasteiger partial charge in [-0.05, 0) is 131 Å². The summed E-state index contributed by atoms with van der Waals surface area (Å²) < 4.78 is 5.14. The van der Waals surface area contributed by atoms with E-state index in [9.17, 15) is 0 Å². The van der Waals surface area contributed by atoms with Crippen LogP contribution in [0.1, 0.15) is 18.0 Å². The van der Waals surface area contributed by atoms with E-state index in [0.29, 0.717) is 6.04 Å². The molecule has 2 heteroatoms. The van der Waals surface area contributed by atoms with Crippen LogP contribution in [0.4, 0.5) is 0 Å². The zero-order valence-electron chi connectivity index (χ0n) is 35.9. The van der Waals surface area contributed by atoms with E-state index >= 15 is 0 Å². The van der Waals surface area contributed by atoms with Gasteiger partial charge in [-0.15, -0.1) is 0 Å². The highest BCUT2D eigenvalue weighted by Crippen LogP contribution is 2.52. The van der Waals surface area contributed by atoms with E-state index in [-0.39, 0.29) is 0 Å². The summed E-state index contributed by atoms with van der Waals surface area (Å²) in [6, 6.07) is 74.0. The average molecular weight is 835 g/mol. The molecule has 0 saturated heterocycles. The number of nitrogens with zero attached hydrogens (tertiary/aromatic N) is 2. The number of hydrogen-bond acceptors (Lipinski definition) is 0. The smallest absolute Gasteiger partial charge is 0.0633 e. The quantitative estimate of drug-likeness (QED) is 0.157. The minimum Gasteiger partial charge on any atom is -0.332 e. The molecule has 1 aliphatic carbocycles. The van der Waals surface area contributed by atoms with Crippen LogP contribution in [0.15, 0.2) is 212 Å². The molecule has 2 aliphatic rings. The fourth-order valence-electron chi connectivity index (χ4n) is 12.8. The zero-order chi connectivity index (χ0) is 42.8. The maximum atomic E-state index is 2.64. The molecule has 2 nitrogen and oxygen atoms in total. The SMILES string of the molecule is C1=CCC2C(=C1)c1cccc3c4c(-c5cccc6c(-c7ccc8cc9ccccc9cc8c7)c7cccc(-c8cccc9c8c8cccc%10c%11ccccc%11n9c%108)c7cc56)cccc4n2c13. The molecule has 11 aromatic carbocycles. The monoisotopic (exact) mass is 834 g/mol. The number of hydrogen-bond donors (Lipinski definition) is 0. The number of rotatable bonds is 3. The summed E-state index contributed by atoms with van der Waals surface area (Å²) in [6.45, 7) is 0. The number of para-hydroxylation sites is 3. The van der Waals surface area contributed by atoms with Crippen LogP contribution in [0, 0.1) is 0 Å². The van der Waals surface area contributed by atoms with E-state index in [2.05, 4.69) is 221 Å². The van der Waals surface area contributed by atoms with Gasteiger partial charge in [0.1, 0.15) is 0 Å². The topological polar surface area (TPSA) is 9.34 Å². The molecule has 4 heterocycles. The van der Waals surface area contributed by atoms with Crippen LogP contribution >= 0.6 is 0 Å². The van der Waals surface area contributed by atoms with E-state index in [1.165, 1.54) is 148 Å². The van der Waals surface area contributed by atoms with Gasteiger partial charge >= 0.3 is 0 Å². The third-order valence-corrected chi connectivity index (χ3v) is 15.5. The molecule has 16 rings (SSSR count). The lowest BCUT2D eigenvalue weighted by molar-refractivity contribution is 0.684. The maximum absolute atomic E-state index is 2.64. The third-order valence-electron chi connectivity index (χ3n) is 15.5. The molecule has 0 N–H and O–H groups in total. The van der Waals surface area contributed by atoms with Crippen LogP contribution in [0.5, 0.6) is 0 Å². The summed E-state index contributed by atoms with van der Waals surface area (Å²) in [4.78, 5) is 0. The first-order valence-electron chi connectivity index (χ1n) is 23.3. The predicted molar refractivity (Wildman–Crippen MR) is 281 cm³/mol. The Balaban J connectivity index is 1.03. The largest absolute Gasteiger partial charge is 0.332 e. The molecule has 1 aliphatic heterocycles. The van der Waals surface area contributed by atoms with Crippen LogP contribution < -0.4 is 0 Å². The van der Waals surface area contributed by atoms with Gasteiger partial charge in [-0.1, -0.05) is 170 Å². The van der Waals surface area contributed by atoms with Crippen molar-refractivity contribution in [2.75, 3.05) is 0 Å². The van der Waals surface area contributed by atoms with Gasteiger partial charge in [-0.2, -0.15) is 0 Å². The van der Waals surface area contributed by atoms with Gasteiger partial charge < -0.3 is 8.97 Å². The van der Waals surface area contributed by atoms with E-state index in [1.54, 1.807) is 0 Å². The summed E-state index contributed by atoms with van der Waals surface area (Å²) in [5, 5.41) is 18.0. The lowest BCUT2D eigenvalue weighted by Crippen LogP contribution is -2.05. The van der Waals surface area contributed by atoms with Crippen molar-refractivity contribution in [3.8, 4) is 33.4 Å². The molecule has 66 heavy (non-hydrogen) atoms. The van der Waals surface area contributed by atoms with Crippen molar-refractivity contribution < 1.29 is 0 Å². The standard InChI is InChI=1S/C64H38N2/c1-2-14-38-34-41-35-40(32-31-39(41)33-37(38)13-1)60-48-19-7-17-42(46-21-11-29-58-61(46)52-25-9-23-50-44-15-3-5-27-56(44)65(58)63(50)52)54(48)36-55-43(18-8-20-49(55)60)47-22-12-30-59-62(47)53-26-10-24-51-45-16-4-6-28-57(45)66(59)64(51)53/h1-27,29-36,57H,28H2. The Hall–Kier alpha value is -8.46. The second kappa shape index (κ2) is 12.6. The lowest BCUT2D eigenvalue weighted by atomic mass is 9.84. The summed E-state index contributed by atoms with van der Waals surface area (Å²) in [7, 11) is 0. The maximum Gasteiger partial charge on any atom is 0.0633 e. The molecular formula is C64H38N2. The van der Waals surface area contributed by atoms with E-state index in [1.807, 2.05) is 0 Å². The minimum atomic E-state index is 0.317. The van der Waals surface area contributed by atoms with Crippen molar-refractivity contribution >= 4 is 109 Å². The number of benzene rings is 11. The first kappa shape index (κ1) is 35.0. The van der Waals surface area contributed by atoms with Crippen molar-refractivity contribution in [1.82, 2.24) is 8.97 Å². The molecule has 14 aromatic rings. The van der Waals surface area contributed by atoms with Crippen molar-refractivity contribution in [1.29, 1.82) is 0 Å². The molecule has 1 unspecified atom stereocenters. The molecule has 0 fully saturated rings. The molecule has 0 radical (unpaired) electrons. The van der Waals surface area contributed by atoms with Crippen LogP contribution in [-0.4, -0.2) is 8.97 Å². The summed E-state index contributed by atoms with van der Waals surface area (Å²) in [6.07, 6.45) is 7.90. The second-order valence-corrected chi connectivity index (χ2v) is 18.6. The van der Waals surface area contributed by atoms with Gasteiger partial charge in [0.25, 0.3) is 0 Å². The highest BCUT2D eigenvalue weighted by Gasteiger charge is 2.32. The Kier molecular flexibility index (Phi) is 6.69. The molecule has 1 atom stereocenters. The molecule has 0 saturated carbocycles. The van der Waals surface area contributed by atoms with Crippen LogP contribution in [0.2, 0.25) is 0 Å². The number of aromatic nitrogens is 2. The highest BCUT2D eigenvalue weighted by atomic mass is 15.0. The van der Waals surface area contributed by atoms with Gasteiger partial charge in [-0.25, -0.2) is 0 Å². The van der Waals surface area contributed by atoms with E-state index in [4.69, 9.17) is 0 Å². The second-order valence-electron chi connectivity index (χ2n) is 18.6. The molecule has 304 valence electrons. The van der Waals surface area contributed by atoms with Crippen LogP contribution in [0.3, 0.4) is 0 Å². The predicted octanol–water partition coefficient (Wildman–Crippen LogP) is 17.5. The Bertz CT molecular complexity index is 4550. The Morgan fingerprint density at radius 3 is 1.71 bits per heavy atom. The summed E-state index contributed by atoms with van der Waals surface area (Å²) in [5.41, 5.74) is 16.8.